The summed E-state index contributed by atoms with van der Waals surface area (Å²) in [6.07, 6.45) is 0. The topological polar surface area (TPSA) is 25.2 Å². The van der Waals surface area contributed by atoms with E-state index in [1.807, 2.05) is 60.7 Å². The van der Waals surface area contributed by atoms with Crippen molar-refractivity contribution in [2.75, 3.05) is 0 Å². The number of nitrogens with zero attached hydrogens (tertiary/aromatic N) is 2. The van der Waals surface area contributed by atoms with Crippen LogP contribution in [-0.4, -0.2) is 4.98 Å². The van der Waals surface area contributed by atoms with Crippen molar-refractivity contribution in [3.05, 3.63) is 78.2 Å². The van der Waals surface area contributed by atoms with Crippen molar-refractivity contribution in [3.63, 3.8) is 0 Å². The van der Waals surface area contributed by atoms with E-state index in [1.54, 1.807) is 11.3 Å². The molecule has 0 radical (unpaired) electrons. The smallest absolute Gasteiger partial charge is 0.0811 e. The van der Waals surface area contributed by atoms with Crippen LogP contribution in [0.1, 0.15) is 0 Å². The number of rotatable bonds is 1. The molecule has 3 heteroatoms. The number of hydrogen-bond acceptors (Lipinski definition) is 3. The molecular weight excluding hydrogens is 276 g/mol. The minimum atomic E-state index is 0.960. The molecule has 0 bridgehead atoms. The van der Waals surface area contributed by atoms with Crippen LogP contribution in [0.2, 0.25) is 0 Å². The van der Waals surface area contributed by atoms with Crippen LogP contribution < -0.4 is 5.36 Å². The Morgan fingerprint density at radius 2 is 1.62 bits per heavy atom. The van der Waals surface area contributed by atoms with Crippen molar-refractivity contribution >= 4 is 27.2 Å². The predicted octanol–water partition coefficient (Wildman–Crippen LogP) is 4.63. The molecule has 0 unspecified atom stereocenters. The summed E-state index contributed by atoms with van der Waals surface area (Å²) >= 11 is 1.75. The number of para-hydroxylation sites is 2. The highest BCUT2D eigenvalue weighted by atomic mass is 32.1. The number of fused-ring (bicyclic) bond motifs is 2. The summed E-state index contributed by atoms with van der Waals surface area (Å²) in [4.78, 5) is 10.5. The van der Waals surface area contributed by atoms with Crippen LogP contribution in [0.3, 0.4) is 0 Å². The van der Waals surface area contributed by atoms with E-state index in [0.717, 1.165) is 27.1 Å². The third-order valence-corrected chi connectivity index (χ3v) is 4.40. The fraction of sp³-hybridized carbons (Fsp3) is 0. The second-order valence-corrected chi connectivity index (χ2v) is 5.86. The van der Waals surface area contributed by atoms with Gasteiger partial charge in [-0.2, -0.15) is 0 Å². The molecule has 100 valence electrons. The maximum atomic E-state index is 4.69. The molecule has 1 aliphatic heterocycles. The van der Waals surface area contributed by atoms with Gasteiger partial charge in [0, 0.05) is 0 Å². The van der Waals surface area contributed by atoms with Gasteiger partial charge in [-0.1, -0.05) is 30.3 Å². The maximum Gasteiger partial charge on any atom is 0.0811 e. The molecule has 2 aliphatic rings. The number of benzene rings is 3. The maximum absolute atomic E-state index is 4.69. The first-order chi connectivity index (χ1) is 10.4. The van der Waals surface area contributed by atoms with E-state index in [4.69, 9.17) is 4.98 Å². The summed E-state index contributed by atoms with van der Waals surface area (Å²) in [5.74, 6) is 0. The molecule has 21 heavy (non-hydrogen) atoms. The highest BCUT2D eigenvalue weighted by Gasteiger charge is 2.06. The Balaban J connectivity index is 1.92. The van der Waals surface area contributed by atoms with Crippen molar-refractivity contribution in [2.45, 2.75) is 0 Å². The van der Waals surface area contributed by atoms with Crippen molar-refractivity contribution in [1.29, 1.82) is 0 Å². The third-order valence-electron chi connectivity index (χ3n) is 3.28. The van der Waals surface area contributed by atoms with E-state index in [0.29, 0.717) is 0 Å². The van der Waals surface area contributed by atoms with Gasteiger partial charge in [0.05, 0.1) is 31.8 Å². The number of aromatic nitrogens is 1. The van der Waals surface area contributed by atoms with Gasteiger partial charge < -0.3 is 0 Å². The Hall–Kier alpha value is -2.52. The second-order valence-electron chi connectivity index (χ2n) is 4.78. The van der Waals surface area contributed by atoms with Crippen LogP contribution in [0.25, 0.3) is 20.8 Å². The average molecular weight is 288 g/mol. The highest BCUT2D eigenvalue weighted by molar-refractivity contribution is 7.21. The van der Waals surface area contributed by atoms with Gasteiger partial charge in [0.1, 0.15) is 0 Å². The molecule has 2 nitrogen and oxygen atoms in total. The zero-order valence-corrected chi connectivity index (χ0v) is 12.0. The molecule has 0 fully saturated rings. The lowest BCUT2D eigenvalue weighted by Crippen LogP contribution is -2.00. The van der Waals surface area contributed by atoms with Gasteiger partial charge in [0.15, 0.2) is 0 Å². The molecular formula is C18H12N2S. The monoisotopic (exact) mass is 288 g/mol. The summed E-state index contributed by atoms with van der Waals surface area (Å²) in [6.45, 7) is 0. The fourth-order valence-corrected chi connectivity index (χ4v) is 3.28. The van der Waals surface area contributed by atoms with Gasteiger partial charge in [0.2, 0.25) is 0 Å². The molecule has 2 aromatic carbocycles. The van der Waals surface area contributed by atoms with Crippen LogP contribution in [0.4, 0.5) is 5.69 Å². The van der Waals surface area contributed by atoms with Crippen LogP contribution in [0.15, 0.2) is 77.8 Å². The highest BCUT2D eigenvalue weighted by Crippen LogP contribution is 2.29. The Morgan fingerprint density at radius 1 is 0.810 bits per heavy atom. The lowest BCUT2D eigenvalue weighted by molar-refractivity contribution is 1.32. The average Bonchev–Trinajstić information content (AvgIpc) is 2.54. The molecule has 0 N–H and O–H groups in total. The summed E-state index contributed by atoms with van der Waals surface area (Å²) in [6, 6.07) is 24.4. The summed E-state index contributed by atoms with van der Waals surface area (Å²) in [5.41, 5.74) is 3.03. The third kappa shape index (κ3) is 2.43. The van der Waals surface area contributed by atoms with Crippen LogP contribution in [0, 0.1) is 0 Å². The lowest BCUT2D eigenvalue weighted by Gasteiger charge is -2.05. The summed E-state index contributed by atoms with van der Waals surface area (Å²) in [5, 5.41) is 0.960. The minimum Gasteiger partial charge on any atom is -0.249 e. The molecule has 0 amide bonds. The molecule has 2 aromatic rings. The quantitative estimate of drug-likeness (QED) is 0.469. The van der Waals surface area contributed by atoms with Crippen LogP contribution in [0.5, 0.6) is 0 Å². The Morgan fingerprint density at radius 3 is 2.52 bits per heavy atom. The molecule has 0 atom stereocenters. The van der Waals surface area contributed by atoms with Gasteiger partial charge >= 0.3 is 0 Å². The van der Waals surface area contributed by atoms with E-state index < -0.39 is 0 Å². The second kappa shape index (κ2) is 5.11. The fourth-order valence-electron chi connectivity index (χ4n) is 2.28. The first-order valence-electron chi connectivity index (χ1n) is 6.78. The van der Waals surface area contributed by atoms with Crippen molar-refractivity contribution < 1.29 is 0 Å². The molecule has 0 spiro atoms. The molecule has 1 aliphatic carbocycles. The summed E-state index contributed by atoms with van der Waals surface area (Å²) in [7, 11) is 0. The number of hydrogen-bond donors (Lipinski definition) is 0. The van der Waals surface area contributed by atoms with Crippen molar-refractivity contribution in [2.24, 2.45) is 4.99 Å². The normalized spacial score (nSPS) is 12.1. The van der Waals surface area contributed by atoms with Gasteiger partial charge in [-0.25, -0.2) is 9.98 Å². The van der Waals surface area contributed by atoms with Crippen molar-refractivity contribution in [1.82, 2.24) is 4.98 Å². The first kappa shape index (κ1) is 12.2. The van der Waals surface area contributed by atoms with Gasteiger partial charge in [0.25, 0.3) is 0 Å². The SMILES string of the molecule is c1ccc(/N=c2/ccc3nc4ccccc4sc-3c2)cc1. The molecule has 0 saturated heterocycles. The predicted molar refractivity (Wildman–Crippen MR) is 87.9 cm³/mol. The first-order valence-corrected chi connectivity index (χ1v) is 7.60. The molecule has 4 rings (SSSR count). The van der Waals surface area contributed by atoms with Gasteiger partial charge in [-0.15, -0.1) is 11.3 Å². The largest absolute Gasteiger partial charge is 0.249 e. The van der Waals surface area contributed by atoms with Gasteiger partial charge in [-0.3, -0.25) is 0 Å². The minimum absolute atomic E-state index is 0.960. The molecule has 1 heterocycles. The Kier molecular flexibility index (Phi) is 2.98. The Bertz CT molecular complexity index is 942. The van der Waals surface area contributed by atoms with Crippen LogP contribution in [-0.2, 0) is 0 Å². The van der Waals surface area contributed by atoms with E-state index >= 15 is 0 Å². The van der Waals surface area contributed by atoms with Crippen molar-refractivity contribution in [3.8, 4) is 10.6 Å². The standard InChI is InChI=1S/C18H12N2S/c1-2-6-13(7-3-1)19-14-10-11-16-18(12-14)21-17-9-5-4-8-15(17)20-16/h1-12H/b19-14-. The lowest BCUT2D eigenvalue weighted by atomic mass is 10.2. The zero-order chi connectivity index (χ0) is 14.1. The Labute approximate surface area is 126 Å². The van der Waals surface area contributed by atoms with Gasteiger partial charge in [-0.05, 0) is 42.5 Å². The van der Waals surface area contributed by atoms with E-state index in [1.165, 1.54) is 4.70 Å². The molecule has 0 aromatic heterocycles. The van der Waals surface area contributed by atoms with Crippen LogP contribution >= 0.6 is 11.3 Å². The summed E-state index contributed by atoms with van der Waals surface area (Å²) < 4.78 is 1.20. The van der Waals surface area contributed by atoms with E-state index in [-0.39, 0.29) is 0 Å². The molecule has 0 saturated carbocycles. The van der Waals surface area contributed by atoms with E-state index in [2.05, 4.69) is 17.1 Å². The van der Waals surface area contributed by atoms with E-state index in [9.17, 15) is 0 Å². The zero-order valence-electron chi connectivity index (χ0n) is 11.2.